The van der Waals surface area contributed by atoms with E-state index in [9.17, 15) is 18.7 Å². The Bertz CT molecular complexity index is 1320. The van der Waals surface area contributed by atoms with Crippen LogP contribution < -0.4 is 5.69 Å². The van der Waals surface area contributed by atoms with Crippen LogP contribution in [0.25, 0.3) is 5.69 Å². The van der Waals surface area contributed by atoms with E-state index in [1.165, 1.54) is 34.3 Å². The van der Waals surface area contributed by atoms with Crippen LogP contribution >= 0.6 is 0 Å². The van der Waals surface area contributed by atoms with Crippen molar-refractivity contribution in [1.82, 2.24) is 29.1 Å². The van der Waals surface area contributed by atoms with E-state index in [1.807, 2.05) is 6.07 Å². The average Bonchev–Trinajstić information content (AvgIpc) is 3.38. The van der Waals surface area contributed by atoms with Gasteiger partial charge in [0.15, 0.2) is 0 Å². The van der Waals surface area contributed by atoms with Crippen molar-refractivity contribution in [3.8, 4) is 11.8 Å². The van der Waals surface area contributed by atoms with E-state index in [4.69, 9.17) is 5.26 Å². The molecule has 156 valence electrons. The van der Waals surface area contributed by atoms with Crippen LogP contribution in [0.4, 0.5) is 8.78 Å². The molecule has 4 aromatic rings. The highest BCUT2D eigenvalue weighted by atomic mass is 19.1. The minimum absolute atomic E-state index is 0.225. The molecule has 0 spiro atoms. The summed E-state index contributed by atoms with van der Waals surface area (Å²) in [5.74, 6) is -1.78. The molecule has 0 aliphatic carbocycles. The molecule has 0 saturated carbocycles. The molecule has 1 unspecified atom stereocenters. The van der Waals surface area contributed by atoms with Crippen LogP contribution in [-0.2, 0) is 18.7 Å². The molecule has 1 N–H and O–H groups in total. The van der Waals surface area contributed by atoms with Crippen molar-refractivity contribution in [2.24, 2.45) is 0 Å². The smallest absolute Gasteiger partial charge is 0.350 e. The molecule has 31 heavy (non-hydrogen) atoms. The second-order valence-electron chi connectivity index (χ2n) is 6.85. The molecule has 9 nitrogen and oxygen atoms in total. The van der Waals surface area contributed by atoms with E-state index in [1.54, 1.807) is 18.2 Å². The maximum atomic E-state index is 14.5. The number of hydrogen-bond acceptors (Lipinski definition) is 6. The zero-order chi connectivity index (χ0) is 22.0. The van der Waals surface area contributed by atoms with E-state index in [-0.39, 0.29) is 12.1 Å². The molecule has 0 fully saturated rings. The van der Waals surface area contributed by atoms with E-state index in [0.717, 1.165) is 16.8 Å². The van der Waals surface area contributed by atoms with Gasteiger partial charge in [0, 0.05) is 11.6 Å². The maximum Gasteiger partial charge on any atom is 0.350 e. The number of rotatable bonds is 6. The zero-order valence-electron chi connectivity index (χ0n) is 15.9. The van der Waals surface area contributed by atoms with Crippen molar-refractivity contribution in [2.75, 3.05) is 0 Å². The van der Waals surface area contributed by atoms with E-state index >= 15 is 0 Å². The van der Waals surface area contributed by atoms with Crippen LogP contribution in [0.15, 0.2) is 66.2 Å². The third-order valence-corrected chi connectivity index (χ3v) is 4.72. The lowest BCUT2D eigenvalue weighted by Gasteiger charge is -2.28. The fourth-order valence-corrected chi connectivity index (χ4v) is 3.27. The lowest BCUT2D eigenvalue weighted by Crippen LogP contribution is -2.41. The summed E-state index contributed by atoms with van der Waals surface area (Å²) in [6, 6.07) is 11.1. The van der Waals surface area contributed by atoms with Gasteiger partial charge in [-0.1, -0.05) is 12.1 Å². The van der Waals surface area contributed by atoms with Gasteiger partial charge in [-0.05, 0) is 24.3 Å². The molecular weight excluding hydrogens is 408 g/mol. The predicted octanol–water partition coefficient (Wildman–Crippen LogP) is 1.36. The van der Waals surface area contributed by atoms with Gasteiger partial charge < -0.3 is 5.11 Å². The first kappa shape index (κ1) is 20.1. The molecule has 0 aliphatic heterocycles. The van der Waals surface area contributed by atoms with Crippen molar-refractivity contribution in [1.29, 1.82) is 5.26 Å². The number of benzene rings is 2. The predicted molar refractivity (Wildman–Crippen MR) is 103 cm³/mol. The molecule has 2 heterocycles. The van der Waals surface area contributed by atoms with Gasteiger partial charge in [-0.2, -0.15) is 15.5 Å². The normalized spacial score (nSPS) is 13.0. The highest BCUT2D eigenvalue weighted by Gasteiger charge is 2.35. The monoisotopic (exact) mass is 423 g/mol. The Balaban J connectivity index is 1.75. The minimum Gasteiger partial charge on any atom is -0.381 e. The van der Waals surface area contributed by atoms with Crippen molar-refractivity contribution in [3.63, 3.8) is 0 Å². The summed E-state index contributed by atoms with van der Waals surface area (Å²) < 4.78 is 31.4. The Labute approximate surface area is 174 Å². The van der Waals surface area contributed by atoms with Gasteiger partial charge in [-0.3, -0.25) is 0 Å². The van der Waals surface area contributed by atoms with Crippen molar-refractivity contribution < 1.29 is 13.9 Å². The SMILES string of the molecule is N#Cc1cccc(-n2cnn(CC(O)(Cn3cncn3)c3ccc(F)cc3F)c2=O)c1. The lowest BCUT2D eigenvalue weighted by molar-refractivity contribution is -0.00948. The number of hydrogen-bond donors (Lipinski definition) is 1. The van der Waals surface area contributed by atoms with Crippen LogP contribution in [0.5, 0.6) is 0 Å². The van der Waals surface area contributed by atoms with Crippen LogP contribution in [-0.4, -0.2) is 34.2 Å². The quantitative estimate of drug-likeness (QED) is 0.501. The third kappa shape index (κ3) is 3.96. The van der Waals surface area contributed by atoms with Gasteiger partial charge in [0.05, 0.1) is 30.4 Å². The van der Waals surface area contributed by atoms with Crippen LogP contribution in [0, 0.1) is 23.0 Å². The first-order valence-corrected chi connectivity index (χ1v) is 9.05. The fourth-order valence-electron chi connectivity index (χ4n) is 3.27. The molecule has 0 bridgehead atoms. The maximum absolute atomic E-state index is 14.5. The number of aliphatic hydroxyl groups is 1. The van der Waals surface area contributed by atoms with Crippen molar-refractivity contribution in [2.45, 2.75) is 18.7 Å². The number of aromatic nitrogens is 6. The highest BCUT2D eigenvalue weighted by Crippen LogP contribution is 2.28. The van der Waals surface area contributed by atoms with Crippen LogP contribution in [0.3, 0.4) is 0 Å². The Morgan fingerprint density at radius 3 is 2.65 bits per heavy atom. The number of nitriles is 1. The first-order chi connectivity index (χ1) is 14.9. The molecule has 0 amide bonds. The molecule has 0 aliphatic rings. The molecule has 11 heteroatoms. The van der Waals surface area contributed by atoms with Gasteiger partial charge in [0.1, 0.15) is 36.2 Å². The Hall–Kier alpha value is -4.17. The standard InChI is InChI=1S/C20H15F2N7O2/c21-15-4-5-17(18(22)7-15)20(31,9-27-12-24-11-25-27)10-29-19(30)28(13-26-29)16-3-1-2-14(6-16)8-23/h1-7,11-13,31H,9-10H2. The summed E-state index contributed by atoms with van der Waals surface area (Å²) >= 11 is 0. The molecule has 1 atom stereocenters. The summed E-state index contributed by atoms with van der Waals surface area (Å²) in [4.78, 5) is 16.7. The topological polar surface area (TPSA) is 115 Å². The van der Waals surface area contributed by atoms with Crippen molar-refractivity contribution >= 4 is 0 Å². The van der Waals surface area contributed by atoms with E-state index in [2.05, 4.69) is 15.2 Å². The van der Waals surface area contributed by atoms with Crippen LogP contribution in [0.1, 0.15) is 11.1 Å². The summed E-state index contributed by atoms with van der Waals surface area (Å²) in [6.45, 7) is -0.710. The van der Waals surface area contributed by atoms with Gasteiger partial charge in [0.2, 0.25) is 0 Å². The largest absolute Gasteiger partial charge is 0.381 e. The van der Waals surface area contributed by atoms with Gasteiger partial charge in [0.25, 0.3) is 0 Å². The molecule has 0 saturated heterocycles. The molecular formula is C20H15F2N7O2. The number of halogens is 2. The lowest BCUT2D eigenvalue weighted by atomic mass is 9.93. The molecule has 4 rings (SSSR count). The Kier molecular flexibility index (Phi) is 5.14. The van der Waals surface area contributed by atoms with Gasteiger partial charge in [-0.25, -0.2) is 32.5 Å². The summed E-state index contributed by atoms with van der Waals surface area (Å²) in [6.07, 6.45) is 3.79. The van der Waals surface area contributed by atoms with E-state index in [0.29, 0.717) is 17.3 Å². The van der Waals surface area contributed by atoms with Gasteiger partial charge >= 0.3 is 5.69 Å². The second-order valence-corrected chi connectivity index (χ2v) is 6.85. The summed E-state index contributed by atoms with van der Waals surface area (Å²) in [5.41, 5.74) is -2.08. The Morgan fingerprint density at radius 2 is 1.94 bits per heavy atom. The summed E-state index contributed by atoms with van der Waals surface area (Å²) in [7, 11) is 0. The first-order valence-electron chi connectivity index (χ1n) is 9.05. The van der Waals surface area contributed by atoms with Gasteiger partial charge in [-0.15, -0.1) is 0 Å². The third-order valence-electron chi connectivity index (χ3n) is 4.72. The molecule has 0 radical (unpaired) electrons. The minimum atomic E-state index is -2.00. The van der Waals surface area contributed by atoms with Crippen LogP contribution in [0.2, 0.25) is 0 Å². The average molecular weight is 423 g/mol. The highest BCUT2D eigenvalue weighted by molar-refractivity contribution is 5.40. The zero-order valence-corrected chi connectivity index (χ0v) is 15.9. The fraction of sp³-hybridized carbons (Fsp3) is 0.150. The number of nitrogens with zero attached hydrogens (tertiary/aromatic N) is 7. The second kappa shape index (κ2) is 7.92. The molecule has 2 aromatic carbocycles. The Morgan fingerprint density at radius 1 is 1.10 bits per heavy atom. The molecule has 2 aromatic heterocycles. The van der Waals surface area contributed by atoms with Crippen molar-refractivity contribution in [3.05, 3.63) is 94.7 Å². The summed E-state index contributed by atoms with van der Waals surface area (Å²) in [5, 5.41) is 28.4. The van der Waals surface area contributed by atoms with E-state index < -0.39 is 29.5 Å².